The summed E-state index contributed by atoms with van der Waals surface area (Å²) in [6, 6.07) is 10.9. The van der Waals surface area contributed by atoms with Gasteiger partial charge in [-0.2, -0.15) is 0 Å². The molecule has 2 amide bonds. The Balaban J connectivity index is 1.45. The molecule has 1 atom stereocenters. The van der Waals surface area contributed by atoms with Gasteiger partial charge in [0.1, 0.15) is 0 Å². The average molecular weight is 443 g/mol. The molecule has 2 aliphatic heterocycles. The van der Waals surface area contributed by atoms with Crippen molar-refractivity contribution in [3.8, 4) is 11.5 Å². The number of carbonyl (C=O) groups is 2. The molecule has 0 aromatic heterocycles. The van der Waals surface area contributed by atoms with Crippen molar-refractivity contribution in [2.75, 3.05) is 33.9 Å². The Morgan fingerprint density at radius 3 is 2.32 bits per heavy atom. The molecule has 1 unspecified atom stereocenters. The van der Waals surface area contributed by atoms with Gasteiger partial charge in [-0.15, -0.1) is 0 Å². The van der Waals surface area contributed by atoms with Gasteiger partial charge < -0.3 is 19.3 Å². The van der Waals surface area contributed by atoms with Crippen LogP contribution in [0.5, 0.6) is 11.5 Å². The van der Waals surface area contributed by atoms with Crippen LogP contribution in [0.2, 0.25) is 5.02 Å². The maximum atomic E-state index is 13.3. The lowest BCUT2D eigenvalue weighted by molar-refractivity contribution is -0.137. The molecule has 6 nitrogen and oxygen atoms in total. The third-order valence-corrected chi connectivity index (χ3v) is 6.43. The van der Waals surface area contributed by atoms with Gasteiger partial charge in [0.2, 0.25) is 5.91 Å². The highest BCUT2D eigenvalue weighted by Crippen LogP contribution is 2.34. The second-order valence-electron chi connectivity index (χ2n) is 8.08. The average Bonchev–Trinajstić information content (AvgIpc) is 2.82. The van der Waals surface area contributed by atoms with Gasteiger partial charge >= 0.3 is 0 Å². The van der Waals surface area contributed by atoms with Crippen LogP contribution in [0.1, 0.15) is 34.3 Å². The number of carbonyl (C=O) groups excluding carboxylic acids is 2. The number of methoxy groups -OCH3 is 2. The SMILES string of the molecule is COc1cc2c(cc1OC)CN(C(=O)C1CCCN(C(=O)c3ccc(Cl)cc3)C1)CC2. The maximum absolute atomic E-state index is 13.3. The van der Waals surface area contributed by atoms with Crippen LogP contribution in [0.25, 0.3) is 0 Å². The third-order valence-electron chi connectivity index (χ3n) is 6.18. The lowest BCUT2D eigenvalue weighted by Gasteiger charge is -2.37. The lowest BCUT2D eigenvalue weighted by Crippen LogP contribution is -2.47. The van der Waals surface area contributed by atoms with Crippen molar-refractivity contribution in [2.24, 2.45) is 5.92 Å². The number of rotatable bonds is 4. The van der Waals surface area contributed by atoms with Crippen LogP contribution >= 0.6 is 11.6 Å². The van der Waals surface area contributed by atoms with E-state index in [2.05, 4.69) is 0 Å². The van der Waals surface area contributed by atoms with E-state index in [0.29, 0.717) is 48.3 Å². The van der Waals surface area contributed by atoms with Gasteiger partial charge in [-0.05, 0) is 66.8 Å². The Bertz CT molecular complexity index is 976. The van der Waals surface area contributed by atoms with Crippen molar-refractivity contribution < 1.29 is 19.1 Å². The second kappa shape index (κ2) is 9.18. The number of hydrogen-bond donors (Lipinski definition) is 0. The maximum Gasteiger partial charge on any atom is 0.253 e. The third kappa shape index (κ3) is 4.49. The Morgan fingerprint density at radius 2 is 1.65 bits per heavy atom. The normalized spacial score (nSPS) is 18.4. The smallest absolute Gasteiger partial charge is 0.253 e. The Hall–Kier alpha value is -2.73. The van der Waals surface area contributed by atoms with Gasteiger partial charge in [-0.1, -0.05) is 11.6 Å². The van der Waals surface area contributed by atoms with E-state index in [1.54, 1.807) is 43.4 Å². The number of ether oxygens (including phenoxy) is 2. The molecule has 0 saturated carbocycles. The standard InChI is InChI=1S/C24H27ClN2O4/c1-30-21-12-17-9-11-27(15-19(17)13-22(21)31-2)24(29)18-4-3-10-26(14-18)23(28)16-5-7-20(25)8-6-16/h5-8,12-13,18H,3-4,9-11,14-15H2,1-2H3. The van der Waals surface area contributed by atoms with Gasteiger partial charge in [-0.25, -0.2) is 0 Å². The van der Waals surface area contributed by atoms with Crippen molar-refractivity contribution in [3.63, 3.8) is 0 Å². The van der Waals surface area contributed by atoms with E-state index in [4.69, 9.17) is 21.1 Å². The van der Waals surface area contributed by atoms with Crippen LogP contribution in [0.4, 0.5) is 0 Å². The fourth-order valence-electron chi connectivity index (χ4n) is 4.47. The van der Waals surface area contributed by atoms with Gasteiger partial charge in [0, 0.05) is 36.8 Å². The molecule has 164 valence electrons. The number of nitrogens with zero attached hydrogens (tertiary/aromatic N) is 2. The van der Waals surface area contributed by atoms with Crippen LogP contribution < -0.4 is 9.47 Å². The number of benzene rings is 2. The second-order valence-corrected chi connectivity index (χ2v) is 8.52. The molecule has 0 N–H and O–H groups in total. The Kier molecular flexibility index (Phi) is 6.37. The van der Waals surface area contributed by atoms with E-state index in [1.165, 1.54) is 5.56 Å². The molecular formula is C24H27ClN2O4. The minimum absolute atomic E-state index is 0.0463. The molecule has 1 fully saturated rings. The summed E-state index contributed by atoms with van der Waals surface area (Å²) in [7, 11) is 3.24. The van der Waals surface area contributed by atoms with E-state index >= 15 is 0 Å². The number of hydrogen-bond acceptors (Lipinski definition) is 4. The Morgan fingerprint density at radius 1 is 0.968 bits per heavy atom. The minimum atomic E-state index is -0.174. The quantitative estimate of drug-likeness (QED) is 0.722. The van der Waals surface area contributed by atoms with E-state index in [0.717, 1.165) is 24.8 Å². The van der Waals surface area contributed by atoms with Crippen LogP contribution in [0, 0.1) is 5.92 Å². The fraction of sp³-hybridized carbons (Fsp3) is 0.417. The summed E-state index contributed by atoms with van der Waals surface area (Å²) >= 11 is 5.93. The zero-order valence-electron chi connectivity index (χ0n) is 17.9. The molecular weight excluding hydrogens is 416 g/mol. The number of halogens is 1. The molecule has 2 aromatic carbocycles. The van der Waals surface area contributed by atoms with Crippen molar-refractivity contribution in [1.82, 2.24) is 9.80 Å². The highest BCUT2D eigenvalue weighted by molar-refractivity contribution is 6.30. The highest BCUT2D eigenvalue weighted by Gasteiger charge is 2.33. The van der Waals surface area contributed by atoms with Crippen molar-refractivity contribution in [1.29, 1.82) is 0 Å². The molecule has 2 aliphatic rings. The summed E-state index contributed by atoms with van der Waals surface area (Å²) in [6.45, 7) is 2.35. The Labute approximate surface area is 187 Å². The molecule has 0 bridgehead atoms. The molecule has 0 radical (unpaired) electrons. The van der Waals surface area contributed by atoms with Crippen LogP contribution in [-0.2, 0) is 17.8 Å². The number of amides is 2. The number of piperidine rings is 1. The van der Waals surface area contributed by atoms with E-state index in [9.17, 15) is 9.59 Å². The number of fused-ring (bicyclic) bond motifs is 1. The first-order chi connectivity index (χ1) is 15.0. The lowest BCUT2D eigenvalue weighted by atomic mass is 9.93. The predicted molar refractivity (Wildman–Crippen MR) is 119 cm³/mol. The van der Waals surface area contributed by atoms with Gasteiger partial charge in [-0.3, -0.25) is 9.59 Å². The van der Waals surface area contributed by atoms with Crippen LogP contribution in [0.15, 0.2) is 36.4 Å². The summed E-state index contributed by atoms with van der Waals surface area (Å²) < 4.78 is 10.8. The summed E-state index contributed by atoms with van der Waals surface area (Å²) in [6.07, 6.45) is 2.41. The molecule has 4 rings (SSSR count). The summed E-state index contributed by atoms with van der Waals surface area (Å²) in [5.41, 5.74) is 2.87. The van der Waals surface area contributed by atoms with Gasteiger partial charge in [0.25, 0.3) is 5.91 Å². The zero-order valence-corrected chi connectivity index (χ0v) is 18.7. The minimum Gasteiger partial charge on any atom is -0.493 e. The largest absolute Gasteiger partial charge is 0.493 e. The summed E-state index contributed by atoms with van der Waals surface area (Å²) in [5.74, 6) is 1.29. The molecule has 31 heavy (non-hydrogen) atoms. The van der Waals surface area contributed by atoms with Crippen molar-refractivity contribution in [3.05, 3.63) is 58.1 Å². The predicted octanol–water partition coefficient (Wildman–Crippen LogP) is 3.79. The first kappa shape index (κ1) is 21.5. The van der Waals surface area contributed by atoms with Crippen molar-refractivity contribution in [2.45, 2.75) is 25.8 Å². The zero-order chi connectivity index (χ0) is 22.0. The van der Waals surface area contributed by atoms with Crippen LogP contribution in [0.3, 0.4) is 0 Å². The molecule has 2 heterocycles. The van der Waals surface area contributed by atoms with E-state index in [-0.39, 0.29) is 17.7 Å². The fourth-order valence-corrected chi connectivity index (χ4v) is 4.59. The molecule has 0 spiro atoms. The van der Waals surface area contributed by atoms with Gasteiger partial charge in [0.05, 0.1) is 20.1 Å². The highest BCUT2D eigenvalue weighted by atomic mass is 35.5. The van der Waals surface area contributed by atoms with Crippen molar-refractivity contribution >= 4 is 23.4 Å². The first-order valence-corrected chi connectivity index (χ1v) is 11.0. The molecule has 7 heteroatoms. The van der Waals surface area contributed by atoms with E-state index in [1.807, 2.05) is 17.0 Å². The molecule has 2 aromatic rings. The topological polar surface area (TPSA) is 59.1 Å². The van der Waals surface area contributed by atoms with E-state index < -0.39 is 0 Å². The first-order valence-electron chi connectivity index (χ1n) is 10.6. The monoisotopic (exact) mass is 442 g/mol. The molecule has 1 saturated heterocycles. The summed E-state index contributed by atoms with van der Waals surface area (Å²) in [5, 5.41) is 0.600. The number of likely N-dealkylation sites (tertiary alicyclic amines) is 1. The molecule has 0 aliphatic carbocycles. The van der Waals surface area contributed by atoms with Crippen LogP contribution in [-0.4, -0.2) is 55.5 Å². The van der Waals surface area contributed by atoms with Gasteiger partial charge in [0.15, 0.2) is 11.5 Å². The summed E-state index contributed by atoms with van der Waals surface area (Å²) in [4.78, 5) is 29.9.